The highest BCUT2D eigenvalue weighted by atomic mass is 32.2. The summed E-state index contributed by atoms with van der Waals surface area (Å²) in [7, 11) is 0. The maximum absolute atomic E-state index is 4.76. The molecule has 0 heterocycles. The van der Waals surface area contributed by atoms with Crippen molar-refractivity contribution < 1.29 is 0 Å². The smallest absolute Gasteiger partial charge is 0.0447 e. The van der Waals surface area contributed by atoms with E-state index in [-0.39, 0.29) is 0 Å². The standard InChI is InChI=1S/C5H12.C4H8S2.C3H8/c1-3-5-4-2;1-3-6-4(2)5;1-3-2/h3-5H2,1-2H3;3H2,1-2H3;3H2,1-2H3. The molecule has 0 aromatic carbocycles. The molecule has 0 aliphatic carbocycles. The summed E-state index contributed by atoms with van der Waals surface area (Å²) in [4.78, 5) is 0. The van der Waals surface area contributed by atoms with E-state index in [0.29, 0.717) is 0 Å². The third-order valence-corrected chi connectivity index (χ3v) is 2.10. The molecule has 0 atom stereocenters. The zero-order chi connectivity index (χ0) is 11.8. The summed E-state index contributed by atoms with van der Waals surface area (Å²) in [6, 6.07) is 0. The van der Waals surface area contributed by atoms with E-state index in [1.54, 1.807) is 11.8 Å². The summed E-state index contributed by atoms with van der Waals surface area (Å²) in [5.74, 6) is 1.11. The lowest BCUT2D eigenvalue weighted by Gasteiger charge is -1.84. The summed E-state index contributed by atoms with van der Waals surface area (Å²) >= 11 is 6.48. The van der Waals surface area contributed by atoms with E-state index in [1.807, 2.05) is 6.92 Å². The summed E-state index contributed by atoms with van der Waals surface area (Å²) in [6.45, 7) is 12.7. The number of hydrogen-bond acceptors (Lipinski definition) is 2. The first-order valence-electron chi connectivity index (χ1n) is 5.73. The van der Waals surface area contributed by atoms with E-state index in [2.05, 4.69) is 34.6 Å². The minimum Gasteiger partial charge on any atom is -0.120 e. The predicted molar refractivity (Wildman–Crippen MR) is 77.6 cm³/mol. The van der Waals surface area contributed by atoms with Gasteiger partial charge in [-0.3, -0.25) is 0 Å². The Hall–Kier alpha value is 0.440. The molecular weight excluding hydrogens is 208 g/mol. The van der Waals surface area contributed by atoms with E-state index in [1.165, 1.54) is 25.7 Å². The van der Waals surface area contributed by atoms with Gasteiger partial charge in [-0.25, -0.2) is 0 Å². The van der Waals surface area contributed by atoms with Crippen LogP contribution in [0.25, 0.3) is 0 Å². The second-order valence-electron chi connectivity index (χ2n) is 2.99. The molecule has 0 aliphatic heterocycles. The van der Waals surface area contributed by atoms with Gasteiger partial charge in [0.1, 0.15) is 0 Å². The van der Waals surface area contributed by atoms with Gasteiger partial charge in [0.2, 0.25) is 0 Å². The van der Waals surface area contributed by atoms with Crippen molar-refractivity contribution in [3.63, 3.8) is 0 Å². The number of rotatable bonds is 3. The molecule has 0 N–H and O–H groups in total. The molecule has 14 heavy (non-hydrogen) atoms. The highest BCUT2D eigenvalue weighted by molar-refractivity contribution is 8.23. The SMILES string of the molecule is CCC.CCCCC.CCSC(C)=S. The van der Waals surface area contributed by atoms with Crippen molar-refractivity contribution in [3.05, 3.63) is 0 Å². The van der Waals surface area contributed by atoms with Gasteiger partial charge in [-0.15, -0.1) is 11.8 Å². The molecule has 0 aromatic heterocycles. The number of thioether (sulfide) groups is 1. The average molecular weight is 236 g/mol. The van der Waals surface area contributed by atoms with Gasteiger partial charge in [-0.2, -0.15) is 0 Å². The monoisotopic (exact) mass is 236 g/mol. The van der Waals surface area contributed by atoms with E-state index < -0.39 is 0 Å². The van der Waals surface area contributed by atoms with Gasteiger partial charge in [0.05, 0.1) is 0 Å². The molecule has 0 nitrogen and oxygen atoms in total. The average Bonchev–Trinajstić information content (AvgIpc) is 2.07. The normalized spacial score (nSPS) is 7.86. The van der Waals surface area contributed by atoms with Crippen LogP contribution in [0.3, 0.4) is 0 Å². The van der Waals surface area contributed by atoms with Crippen LogP contribution in [-0.4, -0.2) is 9.95 Å². The van der Waals surface area contributed by atoms with Crippen LogP contribution in [-0.2, 0) is 0 Å². The highest BCUT2D eigenvalue weighted by Gasteiger charge is 1.78. The van der Waals surface area contributed by atoms with Crippen molar-refractivity contribution in [1.29, 1.82) is 0 Å². The Bertz CT molecular complexity index is 88.3. The maximum atomic E-state index is 4.76. The van der Waals surface area contributed by atoms with Crippen molar-refractivity contribution in [2.45, 2.75) is 67.2 Å². The predicted octanol–water partition coefficient (Wildman–Crippen LogP) is 5.70. The minimum atomic E-state index is 1.04. The second kappa shape index (κ2) is 23.3. The van der Waals surface area contributed by atoms with Crippen LogP contribution in [0.2, 0.25) is 0 Å². The zero-order valence-electron chi connectivity index (χ0n) is 10.9. The fourth-order valence-corrected chi connectivity index (χ4v) is 1.32. The van der Waals surface area contributed by atoms with Crippen LogP contribution in [0, 0.1) is 0 Å². The molecular formula is C12H28S2. The largest absolute Gasteiger partial charge is 0.120 e. The Morgan fingerprint density at radius 2 is 1.36 bits per heavy atom. The Balaban J connectivity index is -0.000000138. The molecule has 2 heteroatoms. The first-order chi connectivity index (χ1) is 6.60. The van der Waals surface area contributed by atoms with Crippen LogP contribution < -0.4 is 0 Å². The molecule has 0 fully saturated rings. The fraction of sp³-hybridized carbons (Fsp3) is 0.917. The van der Waals surface area contributed by atoms with Crippen molar-refractivity contribution >= 4 is 28.2 Å². The summed E-state index contributed by atoms with van der Waals surface area (Å²) in [6.07, 6.45) is 5.33. The van der Waals surface area contributed by atoms with Crippen LogP contribution in [0.5, 0.6) is 0 Å². The molecule has 0 rings (SSSR count). The topological polar surface area (TPSA) is 0 Å². The van der Waals surface area contributed by atoms with Gasteiger partial charge in [-0.1, -0.05) is 72.5 Å². The summed E-state index contributed by atoms with van der Waals surface area (Å²) < 4.78 is 1.04. The van der Waals surface area contributed by atoms with E-state index in [4.69, 9.17) is 12.2 Å². The molecule has 0 spiro atoms. The molecule has 0 unspecified atom stereocenters. The van der Waals surface area contributed by atoms with Gasteiger partial charge in [0.25, 0.3) is 0 Å². The number of thiocarbonyl (C=S) groups is 1. The highest BCUT2D eigenvalue weighted by Crippen LogP contribution is 1.99. The quantitative estimate of drug-likeness (QED) is 0.577. The Kier molecular flexibility index (Phi) is 33.2. The van der Waals surface area contributed by atoms with Crippen LogP contribution >= 0.6 is 24.0 Å². The lowest BCUT2D eigenvalue weighted by atomic mass is 10.3. The Morgan fingerprint density at radius 3 is 1.36 bits per heavy atom. The summed E-state index contributed by atoms with van der Waals surface area (Å²) in [5.41, 5.74) is 0. The van der Waals surface area contributed by atoms with Gasteiger partial charge >= 0.3 is 0 Å². The molecule has 0 radical (unpaired) electrons. The molecule has 0 saturated carbocycles. The van der Waals surface area contributed by atoms with Crippen LogP contribution in [0.1, 0.15) is 67.2 Å². The molecule has 88 valence electrons. The lowest BCUT2D eigenvalue weighted by molar-refractivity contribution is 0.772. The summed E-state index contributed by atoms with van der Waals surface area (Å²) in [5, 5.41) is 0. The molecule has 0 saturated heterocycles. The zero-order valence-corrected chi connectivity index (χ0v) is 12.5. The molecule has 0 aliphatic rings. The van der Waals surface area contributed by atoms with Gasteiger partial charge in [-0.05, 0) is 12.7 Å². The van der Waals surface area contributed by atoms with E-state index >= 15 is 0 Å². The Labute approximate surface area is 101 Å². The van der Waals surface area contributed by atoms with Crippen molar-refractivity contribution in [3.8, 4) is 0 Å². The minimum absolute atomic E-state index is 1.04. The lowest BCUT2D eigenvalue weighted by Crippen LogP contribution is -1.74. The number of hydrogen-bond donors (Lipinski definition) is 0. The first-order valence-corrected chi connectivity index (χ1v) is 7.13. The van der Waals surface area contributed by atoms with Crippen LogP contribution in [0.15, 0.2) is 0 Å². The van der Waals surface area contributed by atoms with Gasteiger partial charge in [0.15, 0.2) is 0 Å². The van der Waals surface area contributed by atoms with Gasteiger partial charge < -0.3 is 0 Å². The fourth-order valence-electron chi connectivity index (χ4n) is 0.557. The first kappa shape index (κ1) is 19.9. The molecule has 0 bridgehead atoms. The van der Waals surface area contributed by atoms with Gasteiger partial charge in [0, 0.05) is 4.20 Å². The van der Waals surface area contributed by atoms with Crippen molar-refractivity contribution in [2.75, 3.05) is 5.75 Å². The number of unbranched alkanes of at least 4 members (excludes halogenated alkanes) is 2. The van der Waals surface area contributed by atoms with Crippen LogP contribution in [0.4, 0.5) is 0 Å². The second-order valence-corrected chi connectivity index (χ2v) is 5.33. The van der Waals surface area contributed by atoms with E-state index in [0.717, 1.165) is 9.95 Å². The molecule has 0 aromatic rings. The maximum Gasteiger partial charge on any atom is 0.0447 e. The third-order valence-electron chi connectivity index (χ3n) is 1.05. The van der Waals surface area contributed by atoms with Crippen molar-refractivity contribution in [2.24, 2.45) is 0 Å². The van der Waals surface area contributed by atoms with E-state index in [9.17, 15) is 0 Å². The third kappa shape index (κ3) is 55.0. The Morgan fingerprint density at radius 1 is 1.00 bits per heavy atom. The molecule has 0 amide bonds. The van der Waals surface area contributed by atoms with Crippen molar-refractivity contribution in [1.82, 2.24) is 0 Å².